The molecule has 0 aromatic rings. The molecule has 15 heavy (non-hydrogen) atoms. The molecule has 0 aromatic carbocycles. The first kappa shape index (κ1) is 8.81. The van der Waals surface area contributed by atoms with Crippen molar-refractivity contribution < 1.29 is 4.79 Å². The van der Waals surface area contributed by atoms with Gasteiger partial charge in [-0.25, -0.2) is 0 Å². The lowest BCUT2D eigenvalue weighted by Gasteiger charge is -2.36. The Bertz CT molecular complexity index is 388. The van der Waals surface area contributed by atoms with Gasteiger partial charge in [-0.05, 0) is 35.5 Å². The second-order valence-corrected chi connectivity index (χ2v) is 6.51. The predicted octanol–water partition coefficient (Wildman–Crippen LogP) is 2.64. The number of hydrogen-bond acceptors (Lipinski definition) is 1. The van der Waals surface area contributed by atoms with E-state index in [0.29, 0.717) is 35.4 Å². The second kappa shape index (κ2) is 2.34. The fourth-order valence-corrected chi connectivity index (χ4v) is 5.38. The van der Waals surface area contributed by atoms with Crippen LogP contribution in [0.25, 0.3) is 0 Å². The molecule has 2 bridgehead atoms. The van der Waals surface area contributed by atoms with E-state index < -0.39 is 0 Å². The van der Waals surface area contributed by atoms with E-state index in [0.717, 1.165) is 6.42 Å². The molecule has 0 aromatic heterocycles. The summed E-state index contributed by atoms with van der Waals surface area (Å²) in [4.78, 5) is 12.1. The average Bonchev–Trinajstić information content (AvgIpc) is 2.68. The lowest BCUT2D eigenvalue weighted by Crippen LogP contribution is -2.38. The standard InChI is InChI=1S/C13H15ClO/c1-13-8(12(13)14)5-9(15)10-6-2-3-7(4-6)11(10)13/h2-3,6-8,10-12H,4-5H2,1H3/t6-,7+,8-,10+,11+,12+,13+/m0/s1. The Morgan fingerprint density at radius 3 is 2.93 bits per heavy atom. The minimum absolute atomic E-state index is 0.268. The molecule has 1 nitrogen and oxygen atoms in total. The second-order valence-electron chi connectivity index (χ2n) is 6.04. The molecule has 2 heteroatoms. The highest BCUT2D eigenvalue weighted by molar-refractivity contribution is 6.24. The molecule has 3 fully saturated rings. The van der Waals surface area contributed by atoms with Crippen molar-refractivity contribution in [3.05, 3.63) is 12.2 Å². The fraction of sp³-hybridized carbons (Fsp3) is 0.769. The van der Waals surface area contributed by atoms with Crippen LogP contribution in [-0.2, 0) is 4.79 Å². The van der Waals surface area contributed by atoms with Gasteiger partial charge in [0.1, 0.15) is 5.78 Å². The summed E-state index contributed by atoms with van der Waals surface area (Å²) in [6, 6.07) is 0. The number of alkyl halides is 1. The van der Waals surface area contributed by atoms with Crippen molar-refractivity contribution in [1.29, 1.82) is 0 Å². The highest BCUT2D eigenvalue weighted by atomic mass is 35.5. The Balaban J connectivity index is 1.83. The molecular weight excluding hydrogens is 208 g/mol. The lowest BCUT2D eigenvalue weighted by atomic mass is 9.66. The Kier molecular flexibility index (Phi) is 1.38. The summed E-state index contributed by atoms with van der Waals surface area (Å²) in [6.07, 6.45) is 6.59. The fourth-order valence-electron chi connectivity index (χ4n) is 4.78. The van der Waals surface area contributed by atoms with Crippen molar-refractivity contribution in [2.45, 2.75) is 25.1 Å². The molecule has 3 saturated carbocycles. The summed E-state index contributed by atoms with van der Waals surface area (Å²) in [5, 5.41) is 0.268. The number of Topliss-reactive ketones (excluding diaryl/α,β-unsaturated/α-hetero) is 1. The predicted molar refractivity (Wildman–Crippen MR) is 58.6 cm³/mol. The lowest BCUT2D eigenvalue weighted by molar-refractivity contribution is -0.129. The number of rotatable bonds is 0. The van der Waals surface area contributed by atoms with Crippen LogP contribution in [0.2, 0.25) is 0 Å². The SMILES string of the molecule is C[C@]12[C@H]3[C@@H](C(=O)C[C@H]1[C@H]2Cl)[C@H]1C=C[C@@H]3C1. The number of carbonyl (C=O) groups excluding carboxylic acids is 1. The molecule has 0 radical (unpaired) electrons. The number of ketones is 1. The van der Waals surface area contributed by atoms with Crippen molar-refractivity contribution in [2.75, 3.05) is 0 Å². The Labute approximate surface area is 94.9 Å². The van der Waals surface area contributed by atoms with E-state index in [4.69, 9.17) is 11.6 Å². The summed E-state index contributed by atoms with van der Waals surface area (Å²) in [6.45, 7) is 2.31. The first-order chi connectivity index (χ1) is 7.14. The van der Waals surface area contributed by atoms with Crippen LogP contribution in [0.1, 0.15) is 19.8 Å². The van der Waals surface area contributed by atoms with Crippen LogP contribution in [0, 0.1) is 35.0 Å². The van der Waals surface area contributed by atoms with Crippen LogP contribution >= 0.6 is 11.6 Å². The minimum atomic E-state index is 0.268. The quantitative estimate of drug-likeness (QED) is 0.455. The van der Waals surface area contributed by atoms with Crippen molar-refractivity contribution in [3.8, 4) is 0 Å². The largest absolute Gasteiger partial charge is 0.299 e. The highest BCUT2D eigenvalue weighted by Crippen LogP contribution is 2.73. The van der Waals surface area contributed by atoms with Crippen LogP contribution in [0.15, 0.2) is 12.2 Å². The molecule has 0 saturated heterocycles. The Morgan fingerprint density at radius 2 is 2.13 bits per heavy atom. The van der Waals surface area contributed by atoms with Gasteiger partial charge in [-0.2, -0.15) is 0 Å². The molecule has 0 aliphatic heterocycles. The average molecular weight is 223 g/mol. The molecule has 0 spiro atoms. The summed E-state index contributed by atoms with van der Waals surface area (Å²) in [5.74, 6) is 3.09. The maximum Gasteiger partial charge on any atom is 0.137 e. The third kappa shape index (κ3) is 0.791. The van der Waals surface area contributed by atoms with Gasteiger partial charge in [-0.15, -0.1) is 11.6 Å². The summed E-state index contributed by atoms with van der Waals surface area (Å²) in [5.41, 5.74) is 0.282. The van der Waals surface area contributed by atoms with Gasteiger partial charge in [0.25, 0.3) is 0 Å². The van der Waals surface area contributed by atoms with Crippen LogP contribution in [-0.4, -0.2) is 11.2 Å². The number of allylic oxidation sites excluding steroid dienone is 2. The minimum Gasteiger partial charge on any atom is -0.299 e. The molecule has 4 aliphatic carbocycles. The topological polar surface area (TPSA) is 17.1 Å². The molecule has 0 N–H and O–H groups in total. The molecule has 7 atom stereocenters. The van der Waals surface area contributed by atoms with E-state index in [1.165, 1.54) is 6.42 Å². The van der Waals surface area contributed by atoms with E-state index >= 15 is 0 Å². The zero-order chi connectivity index (χ0) is 10.4. The number of hydrogen-bond donors (Lipinski definition) is 0. The van der Waals surface area contributed by atoms with Crippen LogP contribution in [0.5, 0.6) is 0 Å². The van der Waals surface area contributed by atoms with Crippen molar-refractivity contribution >= 4 is 17.4 Å². The van der Waals surface area contributed by atoms with Gasteiger partial charge < -0.3 is 0 Å². The monoisotopic (exact) mass is 222 g/mol. The van der Waals surface area contributed by atoms with Gasteiger partial charge in [-0.3, -0.25) is 4.79 Å². The van der Waals surface area contributed by atoms with Gasteiger partial charge in [0, 0.05) is 17.7 Å². The van der Waals surface area contributed by atoms with E-state index in [1.807, 2.05) is 0 Å². The zero-order valence-electron chi connectivity index (χ0n) is 8.82. The first-order valence-corrected chi connectivity index (χ1v) is 6.43. The number of fused-ring (bicyclic) bond motifs is 7. The third-order valence-corrected chi connectivity index (χ3v) is 6.38. The van der Waals surface area contributed by atoms with Crippen molar-refractivity contribution in [3.63, 3.8) is 0 Å². The van der Waals surface area contributed by atoms with Gasteiger partial charge in [-0.1, -0.05) is 19.1 Å². The molecule has 0 amide bonds. The summed E-state index contributed by atoms with van der Waals surface area (Å²) < 4.78 is 0. The first-order valence-electron chi connectivity index (χ1n) is 5.99. The van der Waals surface area contributed by atoms with E-state index in [1.54, 1.807) is 0 Å². The summed E-state index contributed by atoms with van der Waals surface area (Å²) in [7, 11) is 0. The van der Waals surface area contributed by atoms with Gasteiger partial charge in [0.05, 0.1) is 0 Å². The molecular formula is C13H15ClO. The molecule has 0 unspecified atom stereocenters. The molecule has 4 rings (SSSR count). The van der Waals surface area contributed by atoms with Crippen LogP contribution < -0.4 is 0 Å². The Hall–Kier alpha value is -0.300. The third-order valence-electron chi connectivity index (χ3n) is 5.61. The van der Waals surface area contributed by atoms with Gasteiger partial charge in [0.2, 0.25) is 0 Å². The summed E-state index contributed by atoms with van der Waals surface area (Å²) >= 11 is 6.39. The van der Waals surface area contributed by atoms with Crippen molar-refractivity contribution in [1.82, 2.24) is 0 Å². The van der Waals surface area contributed by atoms with Crippen LogP contribution in [0.4, 0.5) is 0 Å². The smallest absolute Gasteiger partial charge is 0.137 e. The Morgan fingerprint density at radius 1 is 1.40 bits per heavy atom. The number of halogens is 1. The maximum absolute atomic E-state index is 12.1. The molecule has 80 valence electrons. The highest BCUT2D eigenvalue weighted by Gasteiger charge is 2.73. The zero-order valence-corrected chi connectivity index (χ0v) is 9.58. The van der Waals surface area contributed by atoms with Gasteiger partial charge in [0.15, 0.2) is 0 Å². The molecule has 4 aliphatic rings. The van der Waals surface area contributed by atoms with Crippen LogP contribution in [0.3, 0.4) is 0 Å². The van der Waals surface area contributed by atoms with E-state index in [2.05, 4.69) is 19.1 Å². The normalized spacial score (nSPS) is 64.3. The maximum atomic E-state index is 12.1. The van der Waals surface area contributed by atoms with E-state index in [9.17, 15) is 4.79 Å². The van der Waals surface area contributed by atoms with E-state index in [-0.39, 0.29) is 10.8 Å². The number of carbonyl (C=O) groups is 1. The van der Waals surface area contributed by atoms with Gasteiger partial charge >= 0.3 is 0 Å². The molecule has 0 heterocycles. The van der Waals surface area contributed by atoms with Crippen molar-refractivity contribution in [2.24, 2.45) is 35.0 Å².